The van der Waals surface area contributed by atoms with Crippen LogP contribution in [0.15, 0.2) is 18.2 Å². The molecule has 1 N–H and O–H groups in total. The third-order valence-corrected chi connectivity index (χ3v) is 5.94. The number of hydrogen-bond acceptors (Lipinski definition) is 5. The number of rotatable bonds is 7. The van der Waals surface area contributed by atoms with Gasteiger partial charge in [-0.3, -0.25) is 9.59 Å². The first-order valence-corrected chi connectivity index (χ1v) is 10.5. The molecule has 1 aromatic carbocycles. The molecule has 0 unspecified atom stereocenters. The fourth-order valence-corrected chi connectivity index (χ4v) is 4.04. The van der Waals surface area contributed by atoms with E-state index in [-0.39, 0.29) is 11.8 Å². The summed E-state index contributed by atoms with van der Waals surface area (Å²) in [5.41, 5.74) is 0.603. The highest BCUT2D eigenvalue weighted by molar-refractivity contribution is 5.95. The summed E-state index contributed by atoms with van der Waals surface area (Å²) in [5, 5.41) is 3.09. The zero-order valence-electron chi connectivity index (χ0n) is 17.4. The lowest BCUT2D eigenvalue weighted by molar-refractivity contribution is -0.122. The Kier molecular flexibility index (Phi) is 7.75. The number of likely N-dealkylation sites (tertiary alicyclic amines) is 1. The summed E-state index contributed by atoms with van der Waals surface area (Å²) < 4.78 is 15.9. The van der Waals surface area contributed by atoms with Gasteiger partial charge in [0.05, 0.1) is 14.2 Å². The molecule has 0 aliphatic carbocycles. The topological polar surface area (TPSA) is 77.1 Å². The SMILES string of the molecule is COc1ccc(C(=O)N2CCC(CNC(=O)CC3CCOCC3)CC2)cc1OC. The molecule has 0 saturated carbocycles. The Hall–Kier alpha value is -2.28. The molecule has 0 aromatic heterocycles. The van der Waals surface area contributed by atoms with E-state index >= 15 is 0 Å². The van der Waals surface area contributed by atoms with Gasteiger partial charge in [0.15, 0.2) is 11.5 Å². The van der Waals surface area contributed by atoms with E-state index in [0.717, 1.165) is 38.9 Å². The summed E-state index contributed by atoms with van der Waals surface area (Å²) in [4.78, 5) is 26.9. The first-order valence-electron chi connectivity index (χ1n) is 10.5. The molecule has 160 valence electrons. The summed E-state index contributed by atoms with van der Waals surface area (Å²) in [6, 6.07) is 5.25. The van der Waals surface area contributed by atoms with Crippen molar-refractivity contribution in [3.63, 3.8) is 0 Å². The van der Waals surface area contributed by atoms with Crippen molar-refractivity contribution in [2.45, 2.75) is 32.1 Å². The minimum atomic E-state index is 0.00737. The van der Waals surface area contributed by atoms with Crippen LogP contribution in [0.5, 0.6) is 11.5 Å². The van der Waals surface area contributed by atoms with Crippen molar-refractivity contribution in [2.24, 2.45) is 11.8 Å². The molecule has 2 heterocycles. The Labute approximate surface area is 172 Å². The number of hydrogen-bond donors (Lipinski definition) is 1. The van der Waals surface area contributed by atoms with Gasteiger partial charge in [-0.1, -0.05) is 0 Å². The molecule has 0 radical (unpaired) electrons. The average Bonchev–Trinajstić information content (AvgIpc) is 2.77. The number of methoxy groups -OCH3 is 2. The molecule has 7 nitrogen and oxygen atoms in total. The van der Waals surface area contributed by atoms with E-state index in [9.17, 15) is 9.59 Å². The number of ether oxygens (including phenoxy) is 3. The molecule has 2 saturated heterocycles. The van der Waals surface area contributed by atoms with Gasteiger partial charge in [-0.05, 0) is 55.7 Å². The number of nitrogens with one attached hydrogen (secondary N) is 1. The second-order valence-electron chi connectivity index (χ2n) is 7.87. The van der Waals surface area contributed by atoms with E-state index in [1.807, 2.05) is 4.90 Å². The third kappa shape index (κ3) is 5.85. The highest BCUT2D eigenvalue weighted by Gasteiger charge is 2.25. The van der Waals surface area contributed by atoms with E-state index in [1.165, 1.54) is 0 Å². The maximum atomic E-state index is 12.8. The normalized spacial score (nSPS) is 18.3. The van der Waals surface area contributed by atoms with Gasteiger partial charge in [0.2, 0.25) is 5.91 Å². The second kappa shape index (κ2) is 10.5. The van der Waals surface area contributed by atoms with Crippen molar-refractivity contribution < 1.29 is 23.8 Å². The lowest BCUT2D eigenvalue weighted by Crippen LogP contribution is -2.41. The minimum absolute atomic E-state index is 0.00737. The van der Waals surface area contributed by atoms with E-state index in [4.69, 9.17) is 14.2 Å². The summed E-state index contributed by atoms with van der Waals surface area (Å²) in [6.45, 7) is 3.64. The quantitative estimate of drug-likeness (QED) is 0.756. The van der Waals surface area contributed by atoms with Crippen LogP contribution < -0.4 is 14.8 Å². The average molecular weight is 405 g/mol. The van der Waals surface area contributed by atoms with Gasteiger partial charge in [0.1, 0.15) is 0 Å². The van der Waals surface area contributed by atoms with E-state index in [2.05, 4.69) is 5.32 Å². The van der Waals surface area contributed by atoms with Gasteiger partial charge in [-0.2, -0.15) is 0 Å². The monoisotopic (exact) mass is 404 g/mol. The Bertz CT molecular complexity index is 694. The van der Waals surface area contributed by atoms with E-state index in [0.29, 0.717) is 55.0 Å². The molecule has 2 aliphatic rings. The fraction of sp³-hybridized carbons (Fsp3) is 0.636. The van der Waals surface area contributed by atoms with Crippen molar-refractivity contribution in [2.75, 3.05) is 47.1 Å². The highest BCUT2D eigenvalue weighted by Crippen LogP contribution is 2.29. The van der Waals surface area contributed by atoms with Crippen molar-refractivity contribution in [3.8, 4) is 11.5 Å². The maximum absolute atomic E-state index is 12.8. The largest absolute Gasteiger partial charge is 0.493 e. The first-order chi connectivity index (χ1) is 14.1. The zero-order chi connectivity index (χ0) is 20.6. The lowest BCUT2D eigenvalue weighted by Gasteiger charge is -2.32. The van der Waals surface area contributed by atoms with Crippen LogP contribution in [0.3, 0.4) is 0 Å². The second-order valence-corrected chi connectivity index (χ2v) is 7.87. The highest BCUT2D eigenvalue weighted by atomic mass is 16.5. The van der Waals surface area contributed by atoms with Crippen molar-refractivity contribution in [1.82, 2.24) is 10.2 Å². The van der Waals surface area contributed by atoms with Gasteiger partial charge in [0, 0.05) is 44.8 Å². The molecular formula is C22H32N2O5. The van der Waals surface area contributed by atoms with E-state index < -0.39 is 0 Å². The number of amides is 2. The number of benzene rings is 1. The predicted molar refractivity (Wildman–Crippen MR) is 109 cm³/mol. The summed E-state index contributed by atoms with van der Waals surface area (Å²) in [5.74, 6) is 2.18. The van der Waals surface area contributed by atoms with Gasteiger partial charge in [0.25, 0.3) is 5.91 Å². The molecule has 0 atom stereocenters. The van der Waals surface area contributed by atoms with Crippen LogP contribution in [0.1, 0.15) is 42.5 Å². The van der Waals surface area contributed by atoms with E-state index in [1.54, 1.807) is 32.4 Å². The molecule has 2 fully saturated rings. The standard InChI is InChI=1S/C22H32N2O5/c1-27-19-4-3-18(14-20(19)28-2)22(26)24-9-5-17(6-10-24)15-23-21(25)13-16-7-11-29-12-8-16/h3-4,14,16-17H,5-13,15H2,1-2H3,(H,23,25). The molecule has 2 aliphatic heterocycles. The number of piperidine rings is 1. The van der Waals surface area contributed by atoms with Crippen LogP contribution in [0.4, 0.5) is 0 Å². The molecule has 7 heteroatoms. The molecule has 2 amide bonds. The Morgan fingerprint density at radius 2 is 1.72 bits per heavy atom. The number of nitrogens with zero attached hydrogens (tertiary/aromatic N) is 1. The van der Waals surface area contributed by atoms with Gasteiger partial charge >= 0.3 is 0 Å². The zero-order valence-corrected chi connectivity index (χ0v) is 17.4. The van der Waals surface area contributed by atoms with Crippen molar-refractivity contribution >= 4 is 11.8 Å². The van der Waals surface area contributed by atoms with Crippen molar-refractivity contribution in [1.29, 1.82) is 0 Å². The number of carbonyl (C=O) groups is 2. The van der Waals surface area contributed by atoms with Crippen LogP contribution in [0.25, 0.3) is 0 Å². The molecular weight excluding hydrogens is 372 g/mol. The minimum Gasteiger partial charge on any atom is -0.493 e. The van der Waals surface area contributed by atoms with Gasteiger partial charge < -0.3 is 24.4 Å². The lowest BCUT2D eigenvalue weighted by atomic mass is 9.94. The summed E-state index contributed by atoms with van der Waals surface area (Å²) >= 11 is 0. The Morgan fingerprint density at radius 3 is 2.38 bits per heavy atom. The maximum Gasteiger partial charge on any atom is 0.253 e. The number of carbonyl (C=O) groups excluding carboxylic acids is 2. The Morgan fingerprint density at radius 1 is 1.03 bits per heavy atom. The smallest absolute Gasteiger partial charge is 0.253 e. The first kappa shape index (κ1) is 21.4. The van der Waals surface area contributed by atoms with Crippen LogP contribution in [-0.4, -0.2) is 63.8 Å². The predicted octanol–water partition coefficient (Wildman–Crippen LogP) is 2.49. The van der Waals surface area contributed by atoms with Crippen LogP contribution in [-0.2, 0) is 9.53 Å². The molecule has 3 rings (SSSR count). The Balaban J connectivity index is 1.42. The van der Waals surface area contributed by atoms with Crippen LogP contribution >= 0.6 is 0 Å². The van der Waals surface area contributed by atoms with Gasteiger partial charge in [-0.15, -0.1) is 0 Å². The van der Waals surface area contributed by atoms with Crippen molar-refractivity contribution in [3.05, 3.63) is 23.8 Å². The van der Waals surface area contributed by atoms with Crippen LogP contribution in [0, 0.1) is 11.8 Å². The summed E-state index contributed by atoms with van der Waals surface area (Å²) in [6.07, 6.45) is 4.35. The summed E-state index contributed by atoms with van der Waals surface area (Å²) in [7, 11) is 3.14. The molecule has 29 heavy (non-hydrogen) atoms. The molecule has 1 aromatic rings. The van der Waals surface area contributed by atoms with Crippen LogP contribution in [0.2, 0.25) is 0 Å². The fourth-order valence-electron chi connectivity index (χ4n) is 4.04. The molecule has 0 bridgehead atoms. The van der Waals surface area contributed by atoms with Gasteiger partial charge in [-0.25, -0.2) is 0 Å². The molecule has 0 spiro atoms. The third-order valence-electron chi connectivity index (χ3n) is 5.94.